The molecule has 64 heavy (non-hydrogen) atoms. The number of carbonyl (C=O) groups is 4. The molecule has 1 amide bonds. The van der Waals surface area contributed by atoms with Crippen LogP contribution in [0.4, 0.5) is 0 Å². The monoisotopic (exact) mass is 900 g/mol. The highest BCUT2D eigenvalue weighted by atomic mass is 16.6. The minimum atomic E-state index is -2.40. The highest BCUT2D eigenvalue weighted by Crippen LogP contribution is 2.38. The van der Waals surface area contributed by atoms with Gasteiger partial charge in [0.05, 0.1) is 30.5 Å². The van der Waals surface area contributed by atoms with Crippen LogP contribution in [-0.2, 0) is 42.9 Å². The Morgan fingerprint density at radius 3 is 2.23 bits per heavy atom. The number of esters is 1. The van der Waals surface area contributed by atoms with Crippen molar-refractivity contribution in [3.63, 3.8) is 0 Å². The van der Waals surface area contributed by atoms with Crippen molar-refractivity contribution in [1.29, 1.82) is 0 Å². The van der Waals surface area contributed by atoms with Gasteiger partial charge in [-0.1, -0.05) is 71.1 Å². The number of aliphatic hydroxyl groups is 3. The van der Waals surface area contributed by atoms with E-state index in [4.69, 9.17) is 23.7 Å². The van der Waals surface area contributed by atoms with Gasteiger partial charge in [-0.15, -0.1) is 0 Å². The maximum atomic E-state index is 14.4. The Morgan fingerprint density at radius 2 is 1.55 bits per heavy atom. The molecule has 2 saturated heterocycles. The fourth-order valence-corrected chi connectivity index (χ4v) is 10.3. The number of ketones is 2. The highest BCUT2D eigenvalue weighted by Gasteiger charge is 2.53. The first-order valence-electron chi connectivity index (χ1n) is 24.0. The Bertz CT molecular complexity index is 1670. The number of methoxy groups -OCH3 is 3. The van der Waals surface area contributed by atoms with Gasteiger partial charge in [-0.2, -0.15) is 0 Å². The number of aliphatic hydroxyl groups excluding tert-OH is 2. The standard InChI is InChI=1S/C51H81NO12/c1-31-16-12-11-13-17-33(3)43(60-8)29-39-21-19-37(7)51(59,64-39)48(56)49(57)52-23-15-14-18-40(52)50(58)63-44(35(5)27-38-20-22-41(53)45(28-38)61-9)30-42(54)34(4)26-36(6)47(55)46(62-10)25-32(2)24-31/h11-13,16-17,26,31-32,34-35,37-41,43-47,53,55,59H,14-15,18-25,27-30H2,1-10H3/b13-11?,16-12+,33-17?,36-26+/t31-,32-,34-,35-,37-,38?,39+,40?,41-,43+,44+,45-,46+,47-,51-/m1/s1. The van der Waals surface area contributed by atoms with Crippen molar-refractivity contribution < 1.29 is 58.2 Å². The molecule has 1 saturated carbocycles. The lowest BCUT2D eigenvalue weighted by atomic mass is 9.78. The Kier molecular flexibility index (Phi) is 21.1. The van der Waals surface area contributed by atoms with E-state index in [1.807, 2.05) is 38.2 Å². The number of ether oxygens (including phenoxy) is 5. The van der Waals surface area contributed by atoms with Crippen molar-refractivity contribution in [3.8, 4) is 0 Å². The zero-order valence-electron chi connectivity index (χ0n) is 40.4. The largest absolute Gasteiger partial charge is 0.460 e. The van der Waals surface area contributed by atoms with Crippen molar-refractivity contribution in [2.45, 2.75) is 186 Å². The molecule has 15 atom stereocenters. The topological polar surface area (TPSA) is 178 Å². The van der Waals surface area contributed by atoms with Gasteiger partial charge in [-0.25, -0.2) is 4.79 Å². The number of cyclic esters (lactones) is 1. The second-order valence-electron chi connectivity index (χ2n) is 19.7. The molecule has 0 aromatic rings. The molecule has 3 fully saturated rings. The number of hydrogen-bond acceptors (Lipinski definition) is 12. The third-order valence-corrected chi connectivity index (χ3v) is 14.5. The quantitative estimate of drug-likeness (QED) is 0.142. The molecule has 3 heterocycles. The smallest absolute Gasteiger partial charge is 0.329 e. The lowest BCUT2D eigenvalue weighted by molar-refractivity contribution is -0.265. The van der Waals surface area contributed by atoms with E-state index >= 15 is 0 Å². The normalized spacial score (nSPS) is 39.5. The van der Waals surface area contributed by atoms with Gasteiger partial charge >= 0.3 is 5.97 Å². The maximum Gasteiger partial charge on any atom is 0.329 e. The number of amides is 1. The van der Waals surface area contributed by atoms with Gasteiger partial charge in [-0.3, -0.25) is 14.4 Å². The molecule has 0 spiro atoms. The average Bonchev–Trinajstić information content (AvgIpc) is 3.27. The van der Waals surface area contributed by atoms with Gasteiger partial charge in [0.2, 0.25) is 5.79 Å². The second-order valence-corrected chi connectivity index (χ2v) is 19.7. The van der Waals surface area contributed by atoms with Gasteiger partial charge in [0.25, 0.3) is 11.7 Å². The SMILES string of the molecule is CO[C@H]1C[C@@H]2CC[C@@H](C)[C@@](O)(O2)C(=O)C(=O)N2CCCCC2C(=O)O[C@H]([C@H](C)CC2CC[C@@H](O)[C@H](OC)C2)CC(=O)[C@H](C)/C=C(\C)[C@@H](O)[C@@H](OC)C[C@H](C)C[C@H](C)/C=C/C=CC=C1C. The van der Waals surface area contributed by atoms with Crippen LogP contribution in [0.15, 0.2) is 47.6 Å². The van der Waals surface area contributed by atoms with Crippen molar-refractivity contribution in [2.24, 2.45) is 35.5 Å². The predicted octanol–water partition coefficient (Wildman–Crippen LogP) is 7.00. The third-order valence-electron chi connectivity index (χ3n) is 14.5. The number of Topliss-reactive ketones (excluding diaryl/α,β-unsaturated/α-hetero) is 2. The zero-order valence-corrected chi connectivity index (χ0v) is 40.4. The highest BCUT2D eigenvalue weighted by molar-refractivity contribution is 6.39. The first-order chi connectivity index (χ1) is 30.3. The summed E-state index contributed by atoms with van der Waals surface area (Å²) in [7, 11) is 4.78. The van der Waals surface area contributed by atoms with Crippen LogP contribution in [0.2, 0.25) is 0 Å². The minimum Gasteiger partial charge on any atom is -0.460 e. The Balaban J connectivity index is 1.68. The van der Waals surface area contributed by atoms with Crippen molar-refractivity contribution in [3.05, 3.63) is 47.6 Å². The summed E-state index contributed by atoms with van der Waals surface area (Å²) in [5, 5.41) is 33.9. The van der Waals surface area contributed by atoms with Crippen LogP contribution in [0.25, 0.3) is 0 Å². The van der Waals surface area contributed by atoms with Crippen LogP contribution in [0, 0.1) is 35.5 Å². The van der Waals surface area contributed by atoms with Gasteiger partial charge in [0.1, 0.15) is 24.0 Å². The van der Waals surface area contributed by atoms with Gasteiger partial charge in [0, 0.05) is 52.6 Å². The second kappa shape index (κ2) is 25.2. The van der Waals surface area contributed by atoms with Crippen LogP contribution in [0.3, 0.4) is 0 Å². The van der Waals surface area contributed by atoms with E-state index in [2.05, 4.69) is 19.9 Å². The van der Waals surface area contributed by atoms with Crippen molar-refractivity contribution in [2.75, 3.05) is 27.9 Å². The van der Waals surface area contributed by atoms with Crippen molar-refractivity contribution >= 4 is 23.4 Å². The molecule has 2 bridgehead atoms. The van der Waals surface area contributed by atoms with E-state index in [-0.39, 0.29) is 61.0 Å². The van der Waals surface area contributed by atoms with Gasteiger partial charge < -0.3 is 43.9 Å². The van der Waals surface area contributed by atoms with Crippen LogP contribution in [0.1, 0.15) is 132 Å². The summed E-state index contributed by atoms with van der Waals surface area (Å²) in [6, 6.07) is -1.10. The lowest BCUT2D eigenvalue weighted by Crippen LogP contribution is -2.61. The molecular formula is C51H81NO12. The van der Waals surface area contributed by atoms with Crippen LogP contribution >= 0.6 is 0 Å². The molecule has 362 valence electrons. The number of piperidine rings is 1. The molecule has 4 rings (SSSR count). The van der Waals surface area contributed by atoms with Crippen LogP contribution in [-0.4, -0.2) is 126 Å². The van der Waals surface area contributed by atoms with E-state index in [0.717, 1.165) is 18.4 Å². The summed E-state index contributed by atoms with van der Waals surface area (Å²) >= 11 is 0. The molecule has 1 aliphatic carbocycles. The van der Waals surface area contributed by atoms with E-state index in [1.54, 1.807) is 48.2 Å². The Hall–Kier alpha value is -3.04. The van der Waals surface area contributed by atoms with Crippen LogP contribution < -0.4 is 0 Å². The molecule has 2 unspecified atom stereocenters. The Labute approximate surface area is 383 Å². The average molecular weight is 900 g/mol. The zero-order chi connectivity index (χ0) is 47.3. The predicted molar refractivity (Wildman–Crippen MR) is 245 cm³/mol. The number of nitrogens with zero attached hydrogens (tertiary/aromatic N) is 1. The molecule has 0 aromatic carbocycles. The summed E-state index contributed by atoms with van der Waals surface area (Å²) in [5.41, 5.74) is 1.54. The fraction of sp³-hybridized carbons (Fsp3) is 0.765. The fourth-order valence-electron chi connectivity index (χ4n) is 10.3. The third kappa shape index (κ3) is 14.5. The Morgan fingerprint density at radius 1 is 0.828 bits per heavy atom. The number of carbonyl (C=O) groups excluding carboxylic acids is 4. The summed E-state index contributed by atoms with van der Waals surface area (Å²) in [4.78, 5) is 58.1. The van der Waals surface area contributed by atoms with E-state index in [9.17, 15) is 34.5 Å². The molecular weight excluding hydrogens is 819 g/mol. The van der Waals surface area contributed by atoms with Gasteiger partial charge in [0.15, 0.2) is 0 Å². The maximum absolute atomic E-state index is 14.4. The summed E-state index contributed by atoms with van der Waals surface area (Å²) in [6.07, 6.45) is 14.3. The first kappa shape index (κ1) is 53.6. The van der Waals surface area contributed by atoms with Gasteiger partial charge in [-0.05, 0) is 119 Å². The number of allylic oxidation sites excluding steroid dienone is 6. The number of rotatable bonds is 6. The number of fused-ring (bicyclic) bond motifs is 3. The van der Waals surface area contributed by atoms with E-state index in [0.29, 0.717) is 63.4 Å². The van der Waals surface area contributed by atoms with E-state index in [1.165, 1.54) is 4.90 Å². The first-order valence-corrected chi connectivity index (χ1v) is 24.0. The van der Waals surface area contributed by atoms with E-state index < -0.39 is 71.8 Å². The molecule has 0 aromatic heterocycles. The molecule has 4 aliphatic rings. The minimum absolute atomic E-state index is 0.106. The molecule has 13 nitrogen and oxygen atoms in total. The lowest BCUT2D eigenvalue weighted by Gasteiger charge is -2.42. The summed E-state index contributed by atoms with van der Waals surface area (Å²) < 4.78 is 29.7. The number of hydrogen-bond donors (Lipinski definition) is 3. The molecule has 0 radical (unpaired) electrons. The molecule has 3 N–H and O–H groups in total. The molecule has 3 aliphatic heterocycles. The molecule has 13 heteroatoms. The van der Waals surface area contributed by atoms with Crippen molar-refractivity contribution in [1.82, 2.24) is 4.90 Å². The summed E-state index contributed by atoms with van der Waals surface area (Å²) in [6.45, 7) is 13.6. The van der Waals surface area contributed by atoms with Crippen LogP contribution in [0.5, 0.6) is 0 Å². The summed E-state index contributed by atoms with van der Waals surface area (Å²) in [5.74, 6) is -6.38.